The number of nitrogens with one attached hydrogen (secondary N) is 2. The Morgan fingerprint density at radius 2 is 2.21 bits per heavy atom. The summed E-state index contributed by atoms with van der Waals surface area (Å²) in [6, 6.07) is 3.90. The average Bonchev–Trinajstić information content (AvgIpc) is 3.31. The highest BCUT2D eigenvalue weighted by molar-refractivity contribution is 7.11. The summed E-state index contributed by atoms with van der Waals surface area (Å²) in [5, 5.41) is 7.81. The van der Waals surface area contributed by atoms with Crippen molar-refractivity contribution >= 4 is 23.0 Å². The highest BCUT2D eigenvalue weighted by atomic mass is 32.1. The molecule has 2 aromatic rings. The minimum absolute atomic E-state index is 0.161. The fraction of sp³-hybridized carbons (Fsp3) is 0.500. The molecule has 28 heavy (non-hydrogen) atoms. The van der Waals surface area contributed by atoms with Crippen LogP contribution in [0.3, 0.4) is 0 Å². The lowest BCUT2D eigenvalue weighted by atomic mass is 10.2. The maximum atomic E-state index is 14.0. The Morgan fingerprint density at radius 3 is 2.93 bits per heavy atom. The van der Waals surface area contributed by atoms with Gasteiger partial charge in [0.25, 0.3) is 0 Å². The zero-order chi connectivity index (χ0) is 19.9. The average molecular weight is 408 g/mol. The van der Waals surface area contributed by atoms with Crippen LogP contribution >= 0.6 is 11.3 Å². The molecule has 1 unspecified atom stereocenters. The van der Waals surface area contributed by atoms with Crippen LogP contribution in [0.15, 0.2) is 29.4 Å². The number of aryl methyl sites for hydroxylation is 1. The number of halogens is 2. The number of guanidine groups is 1. The normalized spacial score (nSPS) is 17.2. The van der Waals surface area contributed by atoms with Gasteiger partial charge in [0, 0.05) is 55.8 Å². The van der Waals surface area contributed by atoms with E-state index >= 15 is 0 Å². The van der Waals surface area contributed by atoms with Gasteiger partial charge in [-0.1, -0.05) is 6.92 Å². The van der Waals surface area contributed by atoms with Crippen LogP contribution in [0.5, 0.6) is 0 Å². The van der Waals surface area contributed by atoms with E-state index in [0.29, 0.717) is 18.8 Å². The molecule has 1 aromatic carbocycles. The summed E-state index contributed by atoms with van der Waals surface area (Å²) in [6.45, 7) is 6.96. The molecular weight excluding hydrogens is 380 g/mol. The summed E-state index contributed by atoms with van der Waals surface area (Å²) in [6.07, 6.45) is 4.64. The minimum atomic E-state index is -0.553. The van der Waals surface area contributed by atoms with Crippen molar-refractivity contribution in [2.75, 3.05) is 31.1 Å². The Balaban J connectivity index is 1.55. The molecule has 0 saturated carbocycles. The maximum Gasteiger partial charge on any atom is 0.191 e. The van der Waals surface area contributed by atoms with Crippen LogP contribution in [0.4, 0.5) is 14.5 Å². The molecule has 2 heterocycles. The molecule has 1 aliphatic heterocycles. The Kier molecular flexibility index (Phi) is 7.19. The summed E-state index contributed by atoms with van der Waals surface area (Å²) >= 11 is 1.74. The smallest absolute Gasteiger partial charge is 0.191 e. The first-order valence-corrected chi connectivity index (χ1v) is 10.6. The van der Waals surface area contributed by atoms with E-state index in [2.05, 4.69) is 27.5 Å². The van der Waals surface area contributed by atoms with Crippen LogP contribution in [0.2, 0.25) is 0 Å². The number of aliphatic imine (C=N–C) groups is 1. The Hall–Kier alpha value is -2.22. The summed E-state index contributed by atoms with van der Waals surface area (Å²) in [4.78, 5) is 12.3. The Bertz CT molecular complexity index is 808. The number of anilines is 1. The lowest BCUT2D eigenvalue weighted by molar-refractivity contribution is 0.580. The van der Waals surface area contributed by atoms with Crippen LogP contribution in [-0.4, -0.2) is 43.2 Å². The molecular formula is C20H27F2N5S. The van der Waals surface area contributed by atoms with Crippen molar-refractivity contribution in [2.45, 2.75) is 39.2 Å². The third-order valence-corrected chi connectivity index (χ3v) is 5.87. The lowest BCUT2D eigenvalue weighted by Crippen LogP contribution is -2.44. The van der Waals surface area contributed by atoms with Gasteiger partial charge in [-0.25, -0.2) is 13.8 Å². The number of nitrogens with zero attached hydrogens (tertiary/aromatic N) is 3. The minimum Gasteiger partial charge on any atom is -0.367 e. The zero-order valence-electron chi connectivity index (χ0n) is 16.3. The highest BCUT2D eigenvalue weighted by Gasteiger charge is 2.25. The molecule has 0 spiro atoms. The largest absolute Gasteiger partial charge is 0.367 e. The van der Waals surface area contributed by atoms with Gasteiger partial charge in [-0.05, 0) is 31.9 Å². The van der Waals surface area contributed by atoms with E-state index in [-0.39, 0.29) is 6.04 Å². The standard InChI is InChI=1S/C20H27F2N5S/c1-3-16-12-25-19(28-16)7-9-24-20(23-4-2)26-15-8-10-27(13-15)18-6-5-14(21)11-17(18)22/h5-6,11-12,15H,3-4,7-10,13H2,1-2H3,(H2,23,24,26). The SMILES string of the molecule is CCNC(=NCCc1ncc(CC)s1)NC1CCN(c2ccc(F)cc2F)C1. The molecule has 5 nitrogen and oxygen atoms in total. The number of rotatable bonds is 7. The summed E-state index contributed by atoms with van der Waals surface area (Å²) < 4.78 is 27.2. The molecule has 1 aromatic heterocycles. The molecule has 152 valence electrons. The molecule has 1 fully saturated rings. The number of hydrogen-bond acceptors (Lipinski definition) is 4. The van der Waals surface area contributed by atoms with E-state index in [1.807, 2.05) is 18.0 Å². The van der Waals surface area contributed by atoms with E-state index < -0.39 is 11.6 Å². The predicted octanol–water partition coefficient (Wildman–Crippen LogP) is 3.36. The molecule has 2 N–H and O–H groups in total. The van der Waals surface area contributed by atoms with E-state index in [1.54, 1.807) is 11.3 Å². The lowest BCUT2D eigenvalue weighted by Gasteiger charge is -2.21. The second kappa shape index (κ2) is 9.82. The van der Waals surface area contributed by atoms with Gasteiger partial charge >= 0.3 is 0 Å². The van der Waals surface area contributed by atoms with Crippen molar-refractivity contribution in [3.05, 3.63) is 45.9 Å². The van der Waals surface area contributed by atoms with E-state index in [4.69, 9.17) is 0 Å². The van der Waals surface area contributed by atoms with Crippen molar-refractivity contribution in [3.63, 3.8) is 0 Å². The molecule has 8 heteroatoms. The second-order valence-electron chi connectivity index (χ2n) is 6.76. The van der Waals surface area contributed by atoms with Crippen molar-refractivity contribution in [1.29, 1.82) is 0 Å². The zero-order valence-corrected chi connectivity index (χ0v) is 17.2. The van der Waals surface area contributed by atoms with Gasteiger partial charge in [-0.3, -0.25) is 4.99 Å². The number of hydrogen-bond donors (Lipinski definition) is 2. The summed E-state index contributed by atoms with van der Waals surface area (Å²) in [7, 11) is 0. The number of thiazole rings is 1. The van der Waals surface area contributed by atoms with Crippen LogP contribution in [0.1, 0.15) is 30.2 Å². The van der Waals surface area contributed by atoms with Crippen molar-refractivity contribution < 1.29 is 8.78 Å². The van der Waals surface area contributed by atoms with Crippen molar-refractivity contribution in [2.24, 2.45) is 4.99 Å². The van der Waals surface area contributed by atoms with Gasteiger partial charge in [0.1, 0.15) is 11.6 Å². The van der Waals surface area contributed by atoms with E-state index in [9.17, 15) is 8.78 Å². The molecule has 0 radical (unpaired) electrons. The Morgan fingerprint density at radius 1 is 1.36 bits per heavy atom. The molecule has 1 atom stereocenters. The molecule has 0 aliphatic carbocycles. The first-order valence-electron chi connectivity index (χ1n) is 9.77. The summed E-state index contributed by atoms with van der Waals surface area (Å²) in [5.74, 6) is -0.305. The second-order valence-corrected chi connectivity index (χ2v) is 7.96. The first kappa shape index (κ1) is 20.5. The predicted molar refractivity (Wildman–Crippen MR) is 111 cm³/mol. The monoisotopic (exact) mass is 407 g/mol. The fourth-order valence-electron chi connectivity index (χ4n) is 3.24. The fourth-order valence-corrected chi connectivity index (χ4v) is 4.09. The highest BCUT2D eigenvalue weighted by Crippen LogP contribution is 2.24. The van der Waals surface area contributed by atoms with Crippen LogP contribution < -0.4 is 15.5 Å². The van der Waals surface area contributed by atoms with E-state index in [0.717, 1.165) is 49.4 Å². The molecule has 1 aliphatic rings. The quantitative estimate of drug-likeness (QED) is 0.546. The van der Waals surface area contributed by atoms with Crippen molar-refractivity contribution in [1.82, 2.24) is 15.6 Å². The third-order valence-electron chi connectivity index (χ3n) is 4.67. The van der Waals surface area contributed by atoms with Crippen LogP contribution in [0, 0.1) is 11.6 Å². The van der Waals surface area contributed by atoms with Gasteiger partial charge < -0.3 is 15.5 Å². The van der Waals surface area contributed by atoms with E-state index in [1.165, 1.54) is 17.0 Å². The van der Waals surface area contributed by atoms with Gasteiger partial charge in [0.2, 0.25) is 0 Å². The van der Waals surface area contributed by atoms with Gasteiger partial charge in [0.05, 0.1) is 10.7 Å². The van der Waals surface area contributed by atoms with Crippen LogP contribution in [-0.2, 0) is 12.8 Å². The number of benzene rings is 1. The number of aromatic nitrogens is 1. The first-order chi connectivity index (χ1) is 13.6. The molecule has 1 saturated heterocycles. The van der Waals surface area contributed by atoms with Gasteiger partial charge in [-0.15, -0.1) is 11.3 Å². The topological polar surface area (TPSA) is 52.6 Å². The molecule has 0 bridgehead atoms. The van der Waals surface area contributed by atoms with Crippen molar-refractivity contribution in [3.8, 4) is 0 Å². The van der Waals surface area contributed by atoms with Crippen LogP contribution in [0.25, 0.3) is 0 Å². The van der Waals surface area contributed by atoms with Gasteiger partial charge in [0.15, 0.2) is 5.96 Å². The third kappa shape index (κ3) is 5.41. The maximum absolute atomic E-state index is 14.0. The Labute approximate surface area is 168 Å². The van der Waals surface area contributed by atoms with Gasteiger partial charge in [-0.2, -0.15) is 0 Å². The molecule has 3 rings (SSSR count). The summed E-state index contributed by atoms with van der Waals surface area (Å²) in [5.41, 5.74) is 0.447. The molecule has 0 amide bonds.